The van der Waals surface area contributed by atoms with Crippen molar-refractivity contribution in [3.05, 3.63) is 39.8 Å². The van der Waals surface area contributed by atoms with Crippen molar-refractivity contribution >= 4 is 61.7 Å². The Hall–Kier alpha value is -0.890. The normalized spacial score (nSPS) is 26.1. The van der Waals surface area contributed by atoms with Crippen molar-refractivity contribution in [2.24, 2.45) is 0 Å². The highest BCUT2D eigenvalue weighted by molar-refractivity contribution is 8.26. The van der Waals surface area contributed by atoms with Crippen LogP contribution in [0.25, 0.3) is 6.08 Å². The van der Waals surface area contributed by atoms with Gasteiger partial charge in [0.15, 0.2) is 9.84 Å². The Morgan fingerprint density at radius 2 is 2.09 bits per heavy atom. The van der Waals surface area contributed by atoms with Gasteiger partial charge in [-0.15, -0.1) is 0 Å². The number of amides is 1. The Kier molecular flexibility index (Phi) is 4.33. The fraction of sp³-hybridized carbons (Fsp3) is 0.286. The zero-order chi connectivity index (χ0) is 15.9. The Bertz CT molecular complexity index is 788. The third-order valence-corrected chi connectivity index (χ3v) is 7.01. The fourth-order valence-corrected chi connectivity index (χ4v) is 5.79. The van der Waals surface area contributed by atoms with E-state index in [1.54, 1.807) is 12.1 Å². The highest BCUT2D eigenvalue weighted by atomic mass is 35.5. The average Bonchev–Trinajstić information content (AvgIpc) is 2.92. The van der Waals surface area contributed by atoms with Gasteiger partial charge in [0.1, 0.15) is 4.32 Å². The topological polar surface area (TPSA) is 54.5 Å². The summed E-state index contributed by atoms with van der Waals surface area (Å²) in [4.78, 5) is 14.5. The molecule has 1 aromatic rings. The lowest BCUT2D eigenvalue weighted by atomic mass is 10.2. The molecule has 2 aliphatic heterocycles. The van der Waals surface area contributed by atoms with E-state index in [1.165, 1.54) is 16.7 Å². The first-order chi connectivity index (χ1) is 10.4. The molecule has 4 nitrogen and oxygen atoms in total. The quantitative estimate of drug-likeness (QED) is 0.589. The number of rotatable bonds is 2. The summed E-state index contributed by atoms with van der Waals surface area (Å²) in [6.07, 6.45) is 2.14. The van der Waals surface area contributed by atoms with Crippen molar-refractivity contribution in [2.75, 3.05) is 11.5 Å². The van der Waals surface area contributed by atoms with Gasteiger partial charge in [-0.3, -0.25) is 9.69 Å². The third kappa shape index (κ3) is 3.08. The van der Waals surface area contributed by atoms with Crippen LogP contribution in [-0.4, -0.2) is 41.1 Å². The maximum absolute atomic E-state index is 12.5. The smallest absolute Gasteiger partial charge is 0.266 e. The molecule has 2 heterocycles. The lowest BCUT2D eigenvalue weighted by molar-refractivity contribution is -0.123. The lowest BCUT2D eigenvalue weighted by Gasteiger charge is -2.20. The number of carbonyl (C=O) groups is 1. The van der Waals surface area contributed by atoms with E-state index in [-0.39, 0.29) is 23.5 Å². The van der Waals surface area contributed by atoms with E-state index in [1.807, 2.05) is 18.2 Å². The van der Waals surface area contributed by atoms with Crippen molar-refractivity contribution in [1.82, 2.24) is 4.90 Å². The Labute approximate surface area is 143 Å². The molecule has 1 amide bonds. The molecule has 3 rings (SSSR count). The van der Waals surface area contributed by atoms with Crippen molar-refractivity contribution < 1.29 is 13.2 Å². The summed E-state index contributed by atoms with van der Waals surface area (Å²) < 4.78 is 23.6. The van der Waals surface area contributed by atoms with E-state index in [0.717, 1.165) is 5.56 Å². The molecule has 0 saturated carbocycles. The third-order valence-electron chi connectivity index (χ3n) is 3.59. The Morgan fingerprint density at radius 3 is 2.73 bits per heavy atom. The fourth-order valence-electron chi connectivity index (χ4n) is 2.51. The van der Waals surface area contributed by atoms with Gasteiger partial charge in [0.2, 0.25) is 0 Å². The van der Waals surface area contributed by atoms with E-state index in [4.69, 9.17) is 23.8 Å². The van der Waals surface area contributed by atoms with Crippen molar-refractivity contribution in [2.45, 2.75) is 12.5 Å². The second-order valence-electron chi connectivity index (χ2n) is 5.13. The molecule has 2 aliphatic rings. The molecule has 0 N–H and O–H groups in total. The number of thiocarbonyl (C=S) groups is 1. The average molecular weight is 374 g/mol. The summed E-state index contributed by atoms with van der Waals surface area (Å²) in [5.74, 6) is -0.145. The minimum atomic E-state index is -3.07. The van der Waals surface area contributed by atoms with Crippen LogP contribution < -0.4 is 0 Å². The van der Waals surface area contributed by atoms with Crippen LogP contribution in [0.3, 0.4) is 0 Å². The van der Waals surface area contributed by atoms with Crippen LogP contribution in [0.4, 0.5) is 0 Å². The van der Waals surface area contributed by atoms with E-state index < -0.39 is 9.84 Å². The van der Waals surface area contributed by atoms with Gasteiger partial charge in [-0.1, -0.05) is 53.8 Å². The molecule has 2 saturated heterocycles. The number of halogens is 1. The van der Waals surface area contributed by atoms with Gasteiger partial charge in [-0.2, -0.15) is 0 Å². The number of carbonyl (C=O) groups excluding carboxylic acids is 1. The highest BCUT2D eigenvalue weighted by Crippen LogP contribution is 2.36. The van der Waals surface area contributed by atoms with E-state index in [9.17, 15) is 13.2 Å². The van der Waals surface area contributed by atoms with Crippen LogP contribution >= 0.6 is 35.6 Å². The Morgan fingerprint density at radius 1 is 1.36 bits per heavy atom. The van der Waals surface area contributed by atoms with Gasteiger partial charge in [-0.05, 0) is 24.1 Å². The maximum Gasteiger partial charge on any atom is 0.266 e. The predicted molar refractivity (Wildman–Crippen MR) is 93.5 cm³/mol. The number of nitrogens with zero attached hydrogens (tertiary/aromatic N) is 1. The van der Waals surface area contributed by atoms with Gasteiger partial charge in [-0.25, -0.2) is 8.42 Å². The number of sulfone groups is 1. The molecule has 0 radical (unpaired) electrons. The van der Waals surface area contributed by atoms with Gasteiger partial charge in [0.25, 0.3) is 5.91 Å². The molecular formula is C14H12ClNO3S3. The molecule has 8 heteroatoms. The molecule has 1 aromatic carbocycles. The minimum absolute atomic E-state index is 0.0151. The number of thioether (sulfide) groups is 1. The zero-order valence-corrected chi connectivity index (χ0v) is 14.6. The highest BCUT2D eigenvalue weighted by Gasteiger charge is 2.42. The van der Waals surface area contributed by atoms with E-state index in [2.05, 4.69) is 0 Å². The maximum atomic E-state index is 12.5. The molecule has 0 aliphatic carbocycles. The number of benzene rings is 1. The van der Waals surface area contributed by atoms with Crippen LogP contribution in [0.15, 0.2) is 29.2 Å². The Balaban J connectivity index is 1.88. The SMILES string of the molecule is O=C1/C(=C\c2ccccc2Cl)SC(=S)N1[C@@H]1CCS(=O)(=O)C1. The first kappa shape index (κ1) is 16.0. The molecule has 0 bridgehead atoms. The van der Waals surface area contributed by atoms with E-state index >= 15 is 0 Å². The molecule has 116 valence electrons. The van der Waals surface area contributed by atoms with Crippen LogP contribution in [0.1, 0.15) is 12.0 Å². The van der Waals surface area contributed by atoms with Crippen molar-refractivity contribution in [3.8, 4) is 0 Å². The molecule has 22 heavy (non-hydrogen) atoms. The second-order valence-corrected chi connectivity index (χ2v) is 9.44. The summed E-state index contributed by atoms with van der Waals surface area (Å²) in [6, 6.07) is 6.86. The van der Waals surface area contributed by atoms with Crippen LogP contribution in [-0.2, 0) is 14.6 Å². The van der Waals surface area contributed by atoms with Crippen LogP contribution in [0.2, 0.25) is 5.02 Å². The van der Waals surface area contributed by atoms with E-state index in [0.29, 0.717) is 20.7 Å². The molecular weight excluding hydrogens is 362 g/mol. The van der Waals surface area contributed by atoms with Gasteiger partial charge < -0.3 is 0 Å². The number of hydrogen-bond acceptors (Lipinski definition) is 5. The lowest BCUT2D eigenvalue weighted by Crippen LogP contribution is -2.39. The number of hydrogen-bond donors (Lipinski definition) is 0. The largest absolute Gasteiger partial charge is 0.289 e. The minimum Gasteiger partial charge on any atom is -0.289 e. The van der Waals surface area contributed by atoms with Crippen molar-refractivity contribution in [3.63, 3.8) is 0 Å². The monoisotopic (exact) mass is 373 g/mol. The first-order valence-electron chi connectivity index (χ1n) is 6.59. The first-order valence-corrected chi connectivity index (χ1v) is 10.0. The molecule has 1 atom stereocenters. The summed E-state index contributed by atoms with van der Waals surface area (Å²) >= 11 is 12.5. The zero-order valence-electron chi connectivity index (χ0n) is 11.4. The summed E-state index contributed by atoms with van der Waals surface area (Å²) in [5, 5.41) is 0.552. The van der Waals surface area contributed by atoms with Gasteiger partial charge >= 0.3 is 0 Å². The molecule has 2 fully saturated rings. The van der Waals surface area contributed by atoms with Gasteiger partial charge in [0, 0.05) is 5.02 Å². The summed E-state index contributed by atoms with van der Waals surface area (Å²) in [6.45, 7) is 0. The van der Waals surface area contributed by atoms with Crippen LogP contribution in [0.5, 0.6) is 0 Å². The summed E-state index contributed by atoms with van der Waals surface area (Å²) in [5.41, 5.74) is 0.740. The predicted octanol–water partition coefficient (Wildman–Crippen LogP) is 2.73. The molecule has 0 unspecified atom stereocenters. The standard InChI is InChI=1S/C14H12ClNO3S3/c15-11-4-2-1-3-9(11)7-12-13(17)16(14(20)21-12)10-5-6-22(18,19)8-10/h1-4,7,10H,5-6,8H2/b12-7+/t10-/m1/s1. The second kappa shape index (κ2) is 5.96. The van der Waals surface area contributed by atoms with Gasteiger partial charge in [0.05, 0.1) is 22.5 Å². The summed E-state index contributed by atoms with van der Waals surface area (Å²) in [7, 11) is -3.07. The van der Waals surface area contributed by atoms with Crippen molar-refractivity contribution in [1.29, 1.82) is 0 Å². The molecule has 0 aromatic heterocycles. The van der Waals surface area contributed by atoms with Crippen LogP contribution in [0, 0.1) is 0 Å². The molecule has 0 spiro atoms.